The van der Waals surface area contributed by atoms with E-state index in [-0.39, 0.29) is 40.5 Å². The second-order valence-electron chi connectivity index (χ2n) is 4.40. The van der Waals surface area contributed by atoms with E-state index in [9.17, 15) is 4.79 Å². The van der Waals surface area contributed by atoms with E-state index in [1.165, 1.54) is 5.56 Å². The molecule has 0 heterocycles. The van der Waals surface area contributed by atoms with Crippen molar-refractivity contribution in [1.82, 2.24) is 0 Å². The van der Waals surface area contributed by atoms with Crippen LogP contribution in [0.1, 0.15) is 37.8 Å². The van der Waals surface area contributed by atoms with E-state index in [0.29, 0.717) is 5.92 Å². The van der Waals surface area contributed by atoms with Crippen LogP contribution in [0.3, 0.4) is 0 Å². The summed E-state index contributed by atoms with van der Waals surface area (Å²) in [5, 5.41) is 8.85. The molecule has 0 aromatic heterocycles. The van der Waals surface area contributed by atoms with Crippen LogP contribution >= 0.6 is 0 Å². The maximum absolute atomic E-state index is 10.8. The molecule has 0 bridgehead atoms. The van der Waals surface area contributed by atoms with Gasteiger partial charge in [0.1, 0.15) is 0 Å². The quantitative estimate of drug-likeness (QED) is 0.814. The molecule has 0 fully saturated rings. The molecule has 5 heteroatoms. The number of carbonyl (C=O) groups is 1. The molecule has 0 spiro atoms. The van der Waals surface area contributed by atoms with Gasteiger partial charge in [0.2, 0.25) is 0 Å². The Morgan fingerprint density at radius 2 is 1.56 bits per heavy atom. The summed E-state index contributed by atoms with van der Waals surface area (Å²) in [5.74, 6) is -0.558. The van der Waals surface area contributed by atoms with Crippen LogP contribution in [-0.4, -0.2) is 51.6 Å². The minimum atomic E-state index is -0.772. The predicted octanol–water partition coefficient (Wildman–Crippen LogP) is 0.775. The van der Waals surface area contributed by atoms with Gasteiger partial charge >= 0.3 is 35.5 Å². The van der Waals surface area contributed by atoms with Crippen molar-refractivity contribution in [2.75, 3.05) is 0 Å². The molecule has 0 saturated heterocycles. The fourth-order valence-electron chi connectivity index (χ4n) is 1.56. The van der Waals surface area contributed by atoms with Crippen LogP contribution in [0, 0.1) is 5.92 Å². The molecule has 1 aromatic rings. The van der Waals surface area contributed by atoms with Crippen molar-refractivity contribution in [2.24, 2.45) is 5.92 Å². The molecule has 0 aliphatic carbocycles. The van der Waals surface area contributed by atoms with Crippen molar-refractivity contribution in [1.29, 1.82) is 0 Å². The predicted molar refractivity (Wildman–Crippen MR) is 75.4 cm³/mol. The van der Waals surface area contributed by atoms with E-state index >= 15 is 0 Å². The first kappa shape index (κ1) is 22.8. The standard InChI is InChI=1S/C13H18O2.Na.2H2O.H/c1-9(2)8-11-4-6-12(7-5-11)10(3)13(14)15;;;;/h4-7,9-10H,8H2,1-3H3,(H,14,15);;2*1H2;/t10-;;;;/m0..../s1. The van der Waals surface area contributed by atoms with Gasteiger partial charge in [-0.2, -0.15) is 0 Å². The number of carboxylic acids is 1. The first-order chi connectivity index (χ1) is 7.00. The first-order valence-corrected chi connectivity index (χ1v) is 5.32. The summed E-state index contributed by atoms with van der Waals surface area (Å²) in [6.45, 7) is 6.06. The van der Waals surface area contributed by atoms with Gasteiger partial charge in [-0.3, -0.25) is 4.79 Å². The molecule has 0 radical (unpaired) electrons. The average Bonchev–Trinajstić information content (AvgIpc) is 2.17. The molecule has 5 N–H and O–H groups in total. The molecule has 0 unspecified atom stereocenters. The summed E-state index contributed by atoms with van der Waals surface area (Å²) in [7, 11) is 0. The second-order valence-corrected chi connectivity index (χ2v) is 4.40. The average molecular weight is 266 g/mol. The maximum atomic E-state index is 10.8. The van der Waals surface area contributed by atoms with E-state index in [2.05, 4.69) is 13.8 Å². The van der Waals surface area contributed by atoms with Gasteiger partial charge in [-0.15, -0.1) is 0 Å². The Morgan fingerprint density at radius 1 is 1.11 bits per heavy atom. The van der Waals surface area contributed by atoms with Gasteiger partial charge in [0.15, 0.2) is 0 Å². The third kappa shape index (κ3) is 7.13. The van der Waals surface area contributed by atoms with Crippen LogP contribution in [0.5, 0.6) is 0 Å². The molecular formula is C13H23NaO4. The summed E-state index contributed by atoms with van der Waals surface area (Å²) in [6.07, 6.45) is 1.04. The van der Waals surface area contributed by atoms with Crippen molar-refractivity contribution < 1.29 is 20.9 Å². The van der Waals surface area contributed by atoms with Crippen LogP contribution in [0.15, 0.2) is 24.3 Å². The van der Waals surface area contributed by atoms with Crippen molar-refractivity contribution in [3.8, 4) is 0 Å². The molecule has 1 rings (SSSR count). The normalized spacial score (nSPS) is 10.7. The monoisotopic (exact) mass is 266 g/mol. The van der Waals surface area contributed by atoms with E-state index in [1.54, 1.807) is 6.92 Å². The first-order valence-electron chi connectivity index (χ1n) is 5.32. The Balaban J connectivity index is -0.000000750. The summed E-state index contributed by atoms with van der Waals surface area (Å²) >= 11 is 0. The summed E-state index contributed by atoms with van der Waals surface area (Å²) < 4.78 is 0. The molecule has 100 valence electrons. The third-order valence-electron chi connectivity index (χ3n) is 2.49. The van der Waals surface area contributed by atoms with Gasteiger partial charge in [-0.1, -0.05) is 38.1 Å². The molecule has 18 heavy (non-hydrogen) atoms. The van der Waals surface area contributed by atoms with Gasteiger partial charge in [-0.05, 0) is 30.4 Å². The third-order valence-corrected chi connectivity index (χ3v) is 2.49. The van der Waals surface area contributed by atoms with Gasteiger partial charge in [0.05, 0.1) is 5.92 Å². The summed E-state index contributed by atoms with van der Waals surface area (Å²) in [6, 6.07) is 7.87. The van der Waals surface area contributed by atoms with Crippen LogP contribution in [0.2, 0.25) is 0 Å². The van der Waals surface area contributed by atoms with Gasteiger partial charge in [-0.25, -0.2) is 0 Å². The number of rotatable bonds is 4. The summed E-state index contributed by atoms with van der Waals surface area (Å²) in [4.78, 5) is 10.8. The Morgan fingerprint density at radius 3 is 1.89 bits per heavy atom. The zero-order valence-electron chi connectivity index (χ0n) is 10.5. The van der Waals surface area contributed by atoms with Crippen LogP contribution < -0.4 is 0 Å². The SMILES string of the molecule is CC(C)Cc1ccc([C@H](C)C(=O)O)cc1.O.O.[NaH]. The topological polar surface area (TPSA) is 100 Å². The minimum absolute atomic E-state index is 0. The molecule has 0 aliphatic rings. The number of benzene rings is 1. The molecule has 0 saturated carbocycles. The fourth-order valence-corrected chi connectivity index (χ4v) is 1.56. The Bertz CT molecular complexity index is 335. The number of carboxylic acid groups (broad SMARTS) is 1. The van der Waals surface area contributed by atoms with E-state index in [1.807, 2.05) is 24.3 Å². The molecular weight excluding hydrogens is 243 g/mol. The van der Waals surface area contributed by atoms with Gasteiger partial charge < -0.3 is 16.1 Å². The van der Waals surface area contributed by atoms with Gasteiger partial charge in [0, 0.05) is 0 Å². The van der Waals surface area contributed by atoms with E-state index in [4.69, 9.17) is 5.11 Å². The van der Waals surface area contributed by atoms with Gasteiger partial charge in [0.25, 0.3) is 0 Å². The zero-order chi connectivity index (χ0) is 11.4. The fraction of sp³-hybridized carbons (Fsp3) is 0.462. The number of aliphatic carboxylic acids is 1. The van der Waals surface area contributed by atoms with Crippen molar-refractivity contribution in [3.05, 3.63) is 35.4 Å². The van der Waals surface area contributed by atoms with E-state index in [0.717, 1.165) is 12.0 Å². The number of hydrogen-bond acceptors (Lipinski definition) is 1. The Labute approximate surface area is 130 Å². The molecule has 1 atom stereocenters. The Hall–Kier alpha value is -0.390. The van der Waals surface area contributed by atoms with Crippen molar-refractivity contribution in [3.63, 3.8) is 0 Å². The second kappa shape index (κ2) is 10.5. The molecule has 0 aliphatic heterocycles. The van der Waals surface area contributed by atoms with Crippen molar-refractivity contribution in [2.45, 2.75) is 33.1 Å². The molecule has 1 aromatic carbocycles. The molecule has 0 amide bonds. The van der Waals surface area contributed by atoms with Crippen LogP contribution in [0.4, 0.5) is 0 Å². The molecule has 4 nitrogen and oxygen atoms in total. The zero-order valence-corrected chi connectivity index (χ0v) is 10.5. The Kier molecular flexibility index (Phi) is 13.3. The van der Waals surface area contributed by atoms with E-state index < -0.39 is 11.9 Å². The van der Waals surface area contributed by atoms with Crippen LogP contribution in [0.25, 0.3) is 0 Å². The summed E-state index contributed by atoms with van der Waals surface area (Å²) in [5.41, 5.74) is 2.14. The van der Waals surface area contributed by atoms with Crippen molar-refractivity contribution >= 4 is 35.5 Å². The van der Waals surface area contributed by atoms with Crippen LogP contribution in [-0.2, 0) is 11.2 Å². The number of hydrogen-bond donors (Lipinski definition) is 1.